The third-order valence-electron chi connectivity index (χ3n) is 3.91. The number of nitriles is 1. The Bertz CT molecular complexity index is 1220. The summed E-state index contributed by atoms with van der Waals surface area (Å²) in [6.07, 6.45) is -4.23. The number of benzene rings is 2. The van der Waals surface area contributed by atoms with Crippen molar-refractivity contribution in [2.24, 2.45) is 0 Å². The van der Waals surface area contributed by atoms with Gasteiger partial charge >= 0.3 is 6.18 Å². The van der Waals surface area contributed by atoms with E-state index in [0.717, 1.165) is 0 Å². The minimum atomic E-state index is -4.84. The van der Waals surface area contributed by atoms with Crippen LogP contribution in [-0.2, 0) is 16.0 Å². The molecule has 0 spiro atoms. The highest BCUT2D eigenvalue weighted by Crippen LogP contribution is 2.34. The van der Waals surface area contributed by atoms with E-state index >= 15 is 0 Å². The van der Waals surface area contributed by atoms with Gasteiger partial charge in [0.15, 0.2) is 15.5 Å². The second kappa shape index (κ2) is 6.97. The lowest BCUT2D eigenvalue weighted by Gasteiger charge is -2.10. The quantitative estimate of drug-likeness (QED) is 0.590. The minimum Gasteiger partial charge on any atom is -0.232 e. The number of hydrogen-bond acceptors (Lipinski definition) is 4. The van der Waals surface area contributed by atoms with Gasteiger partial charge in [0.1, 0.15) is 16.5 Å². The molecule has 0 aliphatic carbocycles. The third kappa shape index (κ3) is 3.97. The molecule has 0 aliphatic rings. The van der Waals surface area contributed by atoms with Crippen molar-refractivity contribution in [3.8, 4) is 23.0 Å². The van der Waals surface area contributed by atoms with Crippen LogP contribution in [0.4, 0.5) is 22.0 Å². The molecule has 1 heterocycles. The zero-order valence-corrected chi connectivity index (χ0v) is 15.3. The van der Waals surface area contributed by atoms with Crippen LogP contribution in [0.1, 0.15) is 11.3 Å². The number of nitrogens with zero attached hydrogens (tertiary/aromatic N) is 3. The number of sulfone groups is 1. The Morgan fingerprint density at radius 3 is 2.03 bits per heavy atom. The molecule has 29 heavy (non-hydrogen) atoms. The van der Waals surface area contributed by atoms with Gasteiger partial charge in [0.25, 0.3) is 0 Å². The fraction of sp³-hybridized carbons (Fsp3) is 0.111. The maximum atomic E-state index is 14.2. The van der Waals surface area contributed by atoms with Crippen molar-refractivity contribution < 1.29 is 30.4 Å². The van der Waals surface area contributed by atoms with Crippen LogP contribution >= 0.6 is 0 Å². The summed E-state index contributed by atoms with van der Waals surface area (Å²) in [5.41, 5.74) is -1.47. The molecule has 0 unspecified atom stereocenters. The molecule has 3 aromatic rings. The van der Waals surface area contributed by atoms with Crippen LogP contribution in [0.15, 0.2) is 47.4 Å². The molecule has 0 saturated carbocycles. The van der Waals surface area contributed by atoms with Gasteiger partial charge in [0.2, 0.25) is 0 Å². The lowest BCUT2D eigenvalue weighted by Crippen LogP contribution is -2.09. The average Bonchev–Trinajstić information content (AvgIpc) is 3.05. The van der Waals surface area contributed by atoms with Gasteiger partial charge in [-0.25, -0.2) is 21.9 Å². The van der Waals surface area contributed by atoms with Crippen LogP contribution in [0.3, 0.4) is 0 Å². The summed E-state index contributed by atoms with van der Waals surface area (Å²) in [6, 6.07) is 9.12. The van der Waals surface area contributed by atoms with Gasteiger partial charge in [-0.15, -0.1) is 0 Å². The molecule has 0 radical (unpaired) electrons. The summed E-state index contributed by atoms with van der Waals surface area (Å²) in [7, 11) is -4.24. The van der Waals surface area contributed by atoms with Crippen molar-refractivity contribution in [2.45, 2.75) is 11.1 Å². The molecule has 0 saturated heterocycles. The molecule has 11 heteroatoms. The molecule has 0 bridgehead atoms. The van der Waals surface area contributed by atoms with E-state index in [1.54, 1.807) is 0 Å². The van der Waals surface area contributed by atoms with Gasteiger partial charge in [-0.1, -0.05) is 12.1 Å². The van der Waals surface area contributed by atoms with Crippen molar-refractivity contribution in [3.63, 3.8) is 0 Å². The van der Waals surface area contributed by atoms with Gasteiger partial charge in [-0.2, -0.15) is 23.5 Å². The molecule has 5 nitrogen and oxygen atoms in total. The molecule has 0 atom stereocenters. The van der Waals surface area contributed by atoms with Gasteiger partial charge in [-0.3, -0.25) is 0 Å². The first-order valence-corrected chi connectivity index (χ1v) is 9.68. The van der Waals surface area contributed by atoms with Crippen LogP contribution in [-0.4, -0.2) is 24.5 Å². The van der Waals surface area contributed by atoms with E-state index in [4.69, 9.17) is 5.26 Å². The summed E-state index contributed by atoms with van der Waals surface area (Å²) in [4.78, 5) is -1.19. The molecule has 0 amide bonds. The number of aromatic nitrogens is 2. The molecule has 2 aromatic carbocycles. The van der Waals surface area contributed by atoms with E-state index in [9.17, 15) is 30.4 Å². The first-order valence-electron chi connectivity index (χ1n) is 7.79. The molecule has 3 rings (SSSR count). The number of alkyl halides is 3. The predicted molar refractivity (Wildman–Crippen MR) is 91.7 cm³/mol. The first kappa shape index (κ1) is 20.5. The van der Waals surface area contributed by atoms with Crippen molar-refractivity contribution in [1.82, 2.24) is 9.78 Å². The fourth-order valence-electron chi connectivity index (χ4n) is 2.66. The van der Waals surface area contributed by atoms with E-state index in [2.05, 4.69) is 5.10 Å². The summed E-state index contributed by atoms with van der Waals surface area (Å²) < 4.78 is 91.7. The minimum absolute atomic E-state index is 0.160. The molecular formula is C18H10F5N3O2S. The Hall–Kier alpha value is -3.26. The lowest BCUT2D eigenvalue weighted by atomic mass is 10.1. The average molecular weight is 427 g/mol. The molecule has 1 aromatic heterocycles. The van der Waals surface area contributed by atoms with Crippen LogP contribution in [0.25, 0.3) is 16.9 Å². The maximum Gasteiger partial charge on any atom is 0.435 e. The van der Waals surface area contributed by atoms with E-state index in [-0.39, 0.29) is 16.8 Å². The Morgan fingerprint density at radius 1 is 1.03 bits per heavy atom. The third-order valence-corrected chi connectivity index (χ3v) is 5.04. The maximum absolute atomic E-state index is 14.2. The van der Waals surface area contributed by atoms with E-state index in [0.29, 0.717) is 29.1 Å². The Labute approximate surface area is 161 Å². The lowest BCUT2D eigenvalue weighted by molar-refractivity contribution is -0.141. The van der Waals surface area contributed by atoms with Crippen LogP contribution in [0.5, 0.6) is 0 Å². The monoisotopic (exact) mass is 427 g/mol. The predicted octanol–water partition coefficient (Wildman–Crippen LogP) is 4.11. The van der Waals surface area contributed by atoms with E-state index < -0.39 is 43.9 Å². The summed E-state index contributed by atoms with van der Waals surface area (Å²) in [5, 5.41) is 12.2. The highest BCUT2D eigenvalue weighted by Gasteiger charge is 2.35. The Kier molecular flexibility index (Phi) is 4.92. The smallest absolute Gasteiger partial charge is 0.232 e. The molecule has 0 fully saturated rings. The number of hydrogen-bond donors (Lipinski definition) is 0. The Morgan fingerprint density at radius 2 is 1.59 bits per heavy atom. The summed E-state index contributed by atoms with van der Waals surface area (Å²) >= 11 is 0. The first-order chi connectivity index (χ1) is 13.4. The topological polar surface area (TPSA) is 75.8 Å². The highest BCUT2D eigenvalue weighted by atomic mass is 32.2. The van der Waals surface area contributed by atoms with E-state index in [1.807, 2.05) is 6.07 Å². The van der Waals surface area contributed by atoms with Gasteiger partial charge in [-0.05, 0) is 18.2 Å². The van der Waals surface area contributed by atoms with Crippen LogP contribution in [0.2, 0.25) is 0 Å². The van der Waals surface area contributed by atoms with Gasteiger partial charge in [0, 0.05) is 24.0 Å². The second-order valence-electron chi connectivity index (χ2n) is 6.02. The van der Waals surface area contributed by atoms with Crippen molar-refractivity contribution in [3.05, 3.63) is 65.4 Å². The van der Waals surface area contributed by atoms with Crippen LogP contribution < -0.4 is 0 Å². The zero-order chi connectivity index (χ0) is 21.6. The van der Waals surface area contributed by atoms with E-state index in [1.165, 1.54) is 24.3 Å². The number of rotatable bonds is 3. The van der Waals surface area contributed by atoms with Crippen molar-refractivity contribution in [2.75, 3.05) is 6.26 Å². The highest BCUT2D eigenvalue weighted by molar-refractivity contribution is 7.90. The van der Waals surface area contributed by atoms with Crippen molar-refractivity contribution >= 4 is 9.84 Å². The van der Waals surface area contributed by atoms with Gasteiger partial charge < -0.3 is 0 Å². The fourth-order valence-corrected chi connectivity index (χ4v) is 3.49. The van der Waals surface area contributed by atoms with Gasteiger partial charge in [0.05, 0.1) is 23.0 Å². The molecular weight excluding hydrogens is 417 g/mol. The second-order valence-corrected chi connectivity index (χ2v) is 7.98. The molecule has 0 aliphatic heterocycles. The summed E-state index contributed by atoms with van der Waals surface area (Å²) in [6.45, 7) is 0. The van der Waals surface area contributed by atoms with Crippen molar-refractivity contribution in [1.29, 1.82) is 5.26 Å². The zero-order valence-electron chi connectivity index (χ0n) is 14.5. The Balaban J connectivity index is 2.26. The molecule has 150 valence electrons. The standard InChI is InChI=1S/C18H10F5N3O2S/c1-29(27,28)17-13(19)6-12(7-14(17)20)26-15(8-16(25-26)18(21,22)23)11-4-2-10(9-24)3-5-11/h2-8H,1H3. The molecule has 0 N–H and O–H groups in total. The summed E-state index contributed by atoms with van der Waals surface area (Å²) in [5.74, 6) is -2.92. The SMILES string of the molecule is CS(=O)(=O)c1c(F)cc(-n2nc(C(F)(F)F)cc2-c2ccc(C#N)cc2)cc1F. The largest absolute Gasteiger partial charge is 0.435 e. The normalized spacial score (nSPS) is 12.0. The number of halogens is 5. The van der Waals surface area contributed by atoms with Crippen LogP contribution in [0, 0.1) is 23.0 Å².